The van der Waals surface area contributed by atoms with E-state index in [-0.39, 0.29) is 19.1 Å². The molecule has 2 N–H and O–H groups in total. The summed E-state index contributed by atoms with van der Waals surface area (Å²) in [5.74, 6) is 0.543. The molecule has 1 aromatic rings. The number of hydrogen-bond acceptors (Lipinski definition) is 4. The van der Waals surface area contributed by atoms with Crippen molar-refractivity contribution in [1.29, 1.82) is 0 Å². The number of hydrogen-bond donors (Lipinski definition) is 2. The van der Waals surface area contributed by atoms with Crippen molar-refractivity contribution in [3.8, 4) is 5.75 Å². The highest BCUT2D eigenvalue weighted by atomic mass is 16.5. The molecule has 0 bridgehead atoms. The van der Waals surface area contributed by atoms with Crippen LogP contribution in [0.15, 0.2) is 24.3 Å². The fraction of sp³-hybridized carbons (Fsp3) is 0.562. The van der Waals surface area contributed by atoms with Crippen LogP contribution in [0.5, 0.6) is 5.75 Å². The van der Waals surface area contributed by atoms with Gasteiger partial charge in [0.1, 0.15) is 5.75 Å². The molecule has 0 aliphatic rings. The molecular weight excluding hydrogens is 268 g/mol. The van der Waals surface area contributed by atoms with E-state index in [0.29, 0.717) is 24.0 Å². The zero-order valence-corrected chi connectivity index (χ0v) is 13.1. The number of carbonyl (C=O) groups is 1. The summed E-state index contributed by atoms with van der Waals surface area (Å²) in [6.45, 7) is 5.02. The smallest absolute Gasteiger partial charge is 0.238 e. The number of aliphatic hydroxyl groups is 1. The first-order valence-corrected chi connectivity index (χ1v) is 7.43. The van der Waals surface area contributed by atoms with Crippen molar-refractivity contribution in [2.45, 2.75) is 32.7 Å². The number of benzene rings is 1. The maximum atomic E-state index is 12.2. The molecule has 5 nitrogen and oxygen atoms in total. The second-order valence-electron chi connectivity index (χ2n) is 4.91. The lowest BCUT2D eigenvalue weighted by Gasteiger charge is -2.29. The molecule has 5 heteroatoms. The van der Waals surface area contributed by atoms with E-state index < -0.39 is 0 Å². The molecule has 1 amide bonds. The van der Waals surface area contributed by atoms with Crippen molar-refractivity contribution >= 4 is 11.6 Å². The number of anilines is 1. The molecule has 0 saturated heterocycles. The van der Waals surface area contributed by atoms with Gasteiger partial charge in [0.2, 0.25) is 5.91 Å². The minimum Gasteiger partial charge on any atom is -0.495 e. The van der Waals surface area contributed by atoms with Gasteiger partial charge in [-0.3, -0.25) is 9.69 Å². The van der Waals surface area contributed by atoms with Crippen LogP contribution in [0.4, 0.5) is 5.69 Å². The quantitative estimate of drug-likeness (QED) is 0.732. The van der Waals surface area contributed by atoms with Crippen molar-refractivity contribution in [2.75, 3.05) is 32.1 Å². The number of ether oxygens (including phenoxy) is 1. The Bertz CT molecular complexity index is 433. The van der Waals surface area contributed by atoms with Crippen LogP contribution in [0.2, 0.25) is 0 Å². The average Bonchev–Trinajstić information content (AvgIpc) is 2.49. The molecule has 0 unspecified atom stereocenters. The van der Waals surface area contributed by atoms with Crippen LogP contribution in [0.25, 0.3) is 0 Å². The predicted molar refractivity (Wildman–Crippen MR) is 84.7 cm³/mol. The molecular formula is C16H26N2O3. The lowest BCUT2D eigenvalue weighted by molar-refractivity contribution is -0.118. The first kappa shape index (κ1) is 17.5. The third-order valence-corrected chi connectivity index (χ3v) is 3.57. The third kappa shape index (κ3) is 5.36. The highest BCUT2D eigenvalue weighted by Crippen LogP contribution is 2.23. The van der Waals surface area contributed by atoms with Gasteiger partial charge in [0, 0.05) is 12.6 Å². The topological polar surface area (TPSA) is 61.8 Å². The van der Waals surface area contributed by atoms with Gasteiger partial charge in [0.15, 0.2) is 0 Å². The Morgan fingerprint density at radius 2 is 2.00 bits per heavy atom. The van der Waals surface area contributed by atoms with E-state index in [0.717, 1.165) is 12.8 Å². The molecule has 118 valence electrons. The molecule has 0 saturated carbocycles. The van der Waals surface area contributed by atoms with E-state index in [9.17, 15) is 4.79 Å². The number of nitrogens with one attached hydrogen (secondary N) is 1. The molecule has 21 heavy (non-hydrogen) atoms. The minimum atomic E-state index is -0.0974. The van der Waals surface area contributed by atoms with Crippen LogP contribution in [-0.2, 0) is 4.79 Å². The maximum Gasteiger partial charge on any atom is 0.238 e. The summed E-state index contributed by atoms with van der Waals surface area (Å²) in [4.78, 5) is 14.2. The van der Waals surface area contributed by atoms with Gasteiger partial charge in [0.05, 0.1) is 25.9 Å². The molecule has 1 aromatic carbocycles. The van der Waals surface area contributed by atoms with Crippen molar-refractivity contribution < 1.29 is 14.6 Å². The number of rotatable bonds is 9. The minimum absolute atomic E-state index is 0.0540. The van der Waals surface area contributed by atoms with Gasteiger partial charge in [-0.15, -0.1) is 0 Å². The molecule has 0 aromatic heterocycles. The summed E-state index contributed by atoms with van der Waals surface area (Å²) in [7, 11) is 1.58. The summed E-state index contributed by atoms with van der Waals surface area (Å²) in [5, 5.41) is 12.0. The van der Waals surface area contributed by atoms with Crippen molar-refractivity contribution in [3.63, 3.8) is 0 Å². The molecule has 0 aliphatic heterocycles. The van der Waals surface area contributed by atoms with Crippen LogP contribution in [0, 0.1) is 0 Å². The summed E-state index contributed by atoms with van der Waals surface area (Å²) in [5.41, 5.74) is 0.665. The Balaban J connectivity index is 2.69. The number of amides is 1. The van der Waals surface area contributed by atoms with Gasteiger partial charge >= 0.3 is 0 Å². The van der Waals surface area contributed by atoms with E-state index in [2.05, 4.69) is 19.2 Å². The number of para-hydroxylation sites is 2. The van der Waals surface area contributed by atoms with E-state index >= 15 is 0 Å². The summed E-state index contributed by atoms with van der Waals surface area (Å²) in [6.07, 6.45) is 1.91. The fourth-order valence-corrected chi connectivity index (χ4v) is 2.45. The predicted octanol–water partition coefficient (Wildman–Crippen LogP) is 2.12. The van der Waals surface area contributed by atoms with Crippen molar-refractivity contribution in [2.24, 2.45) is 0 Å². The molecule has 1 rings (SSSR count). The van der Waals surface area contributed by atoms with E-state index in [1.165, 1.54) is 0 Å². The van der Waals surface area contributed by atoms with Crippen molar-refractivity contribution in [3.05, 3.63) is 24.3 Å². The summed E-state index contributed by atoms with van der Waals surface area (Å²) in [6, 6.07) is 7.63. The van der Waals surface area contributed by atoms with Crippen LogP contribution in [-0.4, -0.2) is 48.8 Å². The van der Waals surface area contributed by atoms with Crippen LogP contribution < -0.4 is 10.1 Å². The van der Waals surface area contributed by atoms with Gasteiger partial charge < -0.3 is 15.2 Å². The SMILES string of the molecule is CCC(CC)N(CCO)CC(=O)Nc1ccccc1OC. The first-order valence-electron chi connectivity index (χ1n) is 7.43. The monoisotopic (exact) mass is 294 g/mol. The normalized spacial score (nSPS) is 11.0. The van der Waals surface area contributed by atoms with Gasteiger partial charge in [-0.1, -0.05) is 26.0 Å². The van der Waals surface area contributed by atoms with Gasteiger partial charge in [-0.05, 0) is 25.0 Å². The third-order valence-electron chi connectivity index (χ3n) is 3.57. The number of methoxy groups -OCH3 is 1. The Morgan fingerprint density at radius 3 is 2.57 bits per heavy atom. The lowest BCUT2D eigenvalue weighted by atomic mass is 10.1. The Morgan fingerprint density at radius 1 is 1.33 bits per heavy atom. The second-order valence-corrected chi connectivity index (χ2v) is 4.91. The Hall–Kier alpha value is -1.59. The Kier molecular flexibility index (Phi) is 7.79. The maximum absolute atomic E-state index is 12.2. The zero-order chi connectivity index (χ0) is 15.7. The van der Waals surface area contributed by atoms with E-state index in [4.69, 9.17) is 9.84 Å². The number of nitrogens with zero attached hydrogens (tertiary/aromatic N) is 1. The van der Waals surface area contributed by atoms with Crippen LogP contribution in [0.1, 0.15) is 26.7 Å². The zero-order valence-electron chi connectivity index (χ0n) is 13.1. The Labute approximate surface area is 126 Å². The summed E-state index contributed by atoms with van der Waals surface area (Å²) < 4.78 is 5.22. The average molecular weight is 294 g/mol. The van der Waals surface area contributed by atoms with Gasteiger partial charge in [-0.2, -0.15) is 0 Å². The van der Waals surface area contributed by atoms with Crippen LogP contribution >= 0.6 is 0 Å². The standard InChI is InChI=1S/C16H26N2O3/c1-4-13(5-2)18(10-11-19)12-16(20)17-14-8-6-7-9-15(14)21-3/h6-9,13,19H,4-5,10-12H2,1-3H3,(H,17,20). The van der Waals surface area contributed by atoms with E-state index in [1.54, 1.807) is 7.11 Å². The fourth-order valence-electron chi connectivity index (χ4n) is 2.45. The largest absolute Gasteiger partial charge is 0.495 e. The van der Waals surface area contributed by atoms with Crippen LogP contribution in [0.3, 0.4) is 0 Å². The number of aliphatic hydroxyl groups excluding tert-OH is 1. The molecule has 0 atom stereocenters. The van der Waals surface area contributed by atoms with E-state index in [1.807, 2.05) is 29.2 Å². The molecule has 0 fully saturated rings. The molecule has 0 spiro atoms. The number of carbonyl (C=O) groups excluding carboxylic acids is 1. The highest BCUT2D eigenvalue weighted by Gasteiger charge is 2.18. The lowest BCUT2D eigenvalue weighted by Crippen LogP contribution is -2.42. The molecule has 0 aliphatic carbocycles. The first-order chi connectivity index (χ1) is 10.2. The second kappa shape index (κ2) is 9.37. The molecule has 0 radical (unpaired) electrons. The van der Waals surface area contributed by atoms with Crippen molar-refractivity contribution in [1.82, 2.24) is 4.90 Å². The summed E-state index contributed by atoms with van der Waals surface area (Å²) >= 11 is 0. The van der Waals surface area contributed by atoms with Gasteiger partial charge in [0.25, 0.3) is 0 Å². The highest BCUT2D eigenvalue weighted by molar-refractivity contribution is 5.93. The van der Waals surface area contributed by atoms with Gasteiger partial charge in [-0.25, -0.2) is 0 Å². The molecule has 0 heterocycles.